The van der Waals surface area contributed by atoms with E-state index < -0.39 is 12.2 Å². The molecule has 0 spiro atoms. The van der Waals surface area contributed by atoms with E-state index in [0.29, 0.717) is 31.3 Å². The van der Waals surface area contributed by atoms with Crippen molar-refractivity contribution in [3.05, 3.63) is 35.9 Å². The number of fused-ring (bicyclic) bond motifs is 1. The van der Waals surface area contributed by atoms with Crippen LogP contribution in [0.2, 0.25) is 0 Å². The van der Waals surface area contributed by atoms with Gasteiger partial charge in [-0.25, -0.2) is 9.80 Å². The molecule has 0 radical (unpaired) electrons. The van der Waals surface area contributed by atoms with Gasteiger partial charge < -0.3 is 15.1 Å². The van der Waals surface area contributed by atoms with Crippen molar-refractivity contribution in [2.75, 3.05) is 32.1 Å². The predicted molar refractivity (Wildman–Crippen MR) is 141 cm³/mol. The Kier molecular flexibility index (Phi) is 10.4. The number of hydrazine groups is 1. The summed E-state index contributed by atoms with van der Waals surface area (Å²) in [6, 6.07) is 8.71. The largest absolute Gasteiger partial charge is 0.337 e. The number of rotatable bonds is 11. The molecule has 1 N–H and O–H groups in total. The first-order chi connectivity index (χ1) is 17.4. The summed E-state index contributed by atoms with van der Waals surface area (Å²) in [6.45, 7) is 5.37. The molecular formula is C27H38ClN5O3. The molecule has 36 heavy (non-hydrogen) atoms. The molecule has 2 fully saturated rings. The number of halogens is 1. The van der Waals surface area contributed by atoms with Crippen LogP contribution < -0.4 is 5.32 Å². The molecule has 2 heterocycles. The molecule has 2 aliphatic heterocycles. The van der Waals surface area contributed by atoms with E-state index in [1.165, 1.54) is 0 Å². The van der Waals surface area contributed by atoms with Crippen molar-refractivity contribution < 1.29 is 14.4 Å². The second-order valence-corrected chi connectivity index (χ2v) is 9.83. The van der Waals surface area contributed by atoms with Crippen LogP contribution in [0.3, 0.4) is 0 Å². The molecule has 3 atom stereocenters. The van der Waals surface area contributed by atoms with Crippen LogP contribution in [0, 0.1) is 18.3 Å². The quantitative estimate of drug-likeness (QED) is 0.362. The third-order valence-electron chi connectivity index (χ3n) is 6.96. The summed E-state index contributed by atoms with van der Waals surface area (Å²) in [4.78, 5) is 43.9. The number of amides is 4. The third kappa shape index (κ3) is 6.51. The summed E-state index contributed by atoms with van der Waals surface area (Å²) in [7, 11) is 0. The summed E-state index contributed by atoms with van der Waals surface area (Å²) in [5.41, 5.74) is 0.966. The minimum absolute atomic E-state index is 0.0409. The first-order valence-electron chi connectivity index (χ1n) is 12.9. The van der Waals surface area contributed by atoms with E-state index in [1.54, 1.807) is 14.9 Å². The fraction of sp³-hybridized carbons (Fsp3) is 0.593. The Labute approximate surface area is 219 Å². The van der Waals surface area contributed by atoms with Gasteiger partial charge >= 0.3 is 6.03 Å². The Hall–Kier alpha value is -2.76. The fourth-order valence-electron chi connectivity index (χ4n) is 5.11. The average Bonchev–Trinajstić information content (AvgIpc) is 2.88. The van der Waals surface area contributed by atoms with E-state index in [9.17, 15) is 14.4 Å². The molecule has 2 saturated heterocycles. The molecule has 8 nitrogen and oxygen atoms in total. The second kappa shape index (κ2) is 13.5. The van der Waals surface area contributed by atoms with Gasteiger partial charge in [0, 0.05) is 19.0 Å². The lowest BCUT2D eigenvalue weighted by atomic mass is 9.97. The number of benzene rings is 1. The Balaban J connectivity index is 1.89. The van der Waals surface area contributed by atoms with Gasteiger partial charge in [0.05, 0.1) is 19.6 Å². The van der Waals surface area contributed by atoms with Crippen LogP contribution in [-0.4, -0.2) is 81.9 Å². The van der Waals surface area contributed by atoms with E-state index in [4.69, 9.17) is 18.0 Å². The molecule has 0 aliphatic carbocycles. The fourth-order valence-corrected chi connectivity index (χ4v) is 5.26. The van der Waals surface area contributed by atoms with E-state index >= 15 is 0 Å². The molecule has 1 aromatic carbocycles. The van der Waals surface area contributed by atoms with Gasteiger partial charge in [0.2, 0.25) is 11.8 Å². The maximum absolute atomic E-state index is 13.6. The molecule has 0 bridgehead atoms. The van der Waals surface area contributed by atoms with Crippen LogP contribution in [-0.2, 0) is 16.1 Å². The highest BCUT2D eigenvalue weighted by Gasteiger charge is 2.51. The van der Waals surface area contributed by atoms with Crippen LogP contribution >= 0.6 is 11.6 Å². The van der Waals surface area contributed by atoms with Crippen molar-refractivity contribution in [1.82, 2.24) is 25.1 Å². The third-order valence-corrected chi connectivity index (χ3v) is 7.23. The van der Waals surface area contributed by atoms with Crippen molar-refractivity contribution in [3.8, 4) is 12.3 Å². The predicted octanol–water partition coefficient (Wildman–Crippen LogP) is 3.27. The lowest BCUT2D eigenvalue weighted by Gasteiger charge is -2.55. The lowest BCUT2D eigenvalue weighted by Crippen LogP contribution is -2.76. The molecule has 196 valence electrons. The van der Waals surface area contributed by atoms with Gasteiger partial charge in [0.25, 0.3) is 0 Å². The summed E-state index contributed by atoms with van der Waals surface area (Å²) < 4.78 is 0. The van der Waals surface area contributed by atoms with Gasteiger partial charge in [-0.1, -0.05) is 62.9 Å². The highest BCUT2D eigenvalue weighted by Crippen LogP contribution is 2.29. The summed E-state index contributed by atoms with van der Waals surface area (Å²) in [5, 5.41) is 6.16. The zero-order valence-corrected chi connectivity index (χ0v) is 22.1. The SMILES string of the molecule is C#CCN1CC(=O)N2[C@@H](CCC)C(=O)N(CC(CC)CCCCl)C[C@@H]2N1C(=O)NCc1ccccc1. The lowest BCUT2D eigenvalue weighted by molar-refractivity contribution is -0.189. The van der Waals surface area contributed by atoms with Gasteiger partial charge in [0.1, 0.15) is 12.2 Å². The maximum atomic E-state index is 13.6. The molecule has 0 saturated carbocycles. The molecule has 1 unspecified atom stereocenters. The summed E-state index contributed by atoms with van der Waals surface area (Å²) in [5.74, 6) is 3.25. The molecule has 9 heteroatoms. The number of hydrogen-bond donors (Lipinski definition) is 1. The number of carbonyl (C=O) groups excluding carboxylic acids is 3. The van der Waals surface area contributed by atoms with Gasteiger partial charge in [-0.2, -0.15) is 5.01 Å². The number of terminal acetylenes is 1. The van der Waals surface area contributed by atoms with Crippen molar-refractivity contribution in [2.45, 2.75) is 64.7 Å². The monoisotopic (exact) mass is 515 g/mol. The minimum Gasteiger partial charge on any atom is -0.337 e. The topological polar surface area (TPSA) is 76.2 Å². The Bertz CT molecular complexity index is 937. The Morgan fingerprint density at radius 3 is 2.64 bits per heavy atom. The molecule has 3 rings (SSSR count). The molecule has 4 amide bonds. The number of carbonyl (C=O) groups is 3. The van der Waals surface area contributed by atoms with Crippen LogP contribution in [0.15, 0.2) is 30.3 Å². The van der Waals surface area contributed by atoms with Crippen molar-refractivity contribution in [2.24, 2.45) is 5.92 Å². The van der Waals surface area contributed by atoms with E-state index in [2.05, 4.69) is 18.2 Å². The van der Waals surface area contributed by atoms with Crippen LogP contribution in [0.25, 0.3) is 0 Å². The normalized spacial score (nSPS) is 21.2. The Morgan fingerprint density at radius 1 is 1.25 bits per heavy atom. The highest BCUT2D eigenvalue weighted by atomic mass is 35.5. The zero-order valence-electron chi connectivity index (χ0n) is 21.4. The maximum Gasteiger partial charge on any atom is 0.334 e. The number of nitrogens with one attached hydrogen (secondary N) is 1. The molecule has 1 aromatic rings. The Morgan fingerprint density at radius 2 is 2.00 bits per heavy atom. The zero-order chi connectivity index (χ0) is 26.1. The number of nitrogens with zero attached hydrogens (tertiary/aromatic N) is 4. The standard InChI is InChI=1S/C27H38ClN5O3/c1-4-11-23-26(35)30(18-21(6-3)14-10-15-28)19-24-32(23)25(34)20-31(16-5-2)33(24)27(36)29-17-22-12-8-7-9-13-22/h2,7-9,12-13,21,23-24H,4,6,10-11,14-20H2,1,3H3,(H,29,36)/t21?,23-,24-/m0/s1. The summed E-state index contributed by atoms with van der Waals surface area (Å²) >= 11 is 5.92. The molecule has 0 aromatic heterocycles. The van der Waals surface area contributed by atoms with Crippen molar-refractivity contribution in [1.29, 1.82) is 0 Å². The van der Waals surface area contributed by atoms with Gasteiger partial charge in [0.15, 0.2) is 0 Å². The second-order valence-electron chi connectivity index (χ2n) is 9.45. The van der Waals surface area contributed by atoms with E-state index in [-0.39, 0.29) is 37.5 Å². The van der Waals surface area contributed by atoms with Crippen molar-refractivity contribution >= 4 is 29.4 Å². The number of alkyl halides is 1. The van der Waals surface area contributed by atoms with Gasteiger partial charge in [-0.05, 0) is 30.7 Å². The van der Waals surface area contributed by atoms with Crippen molar-refractivity contribution in [3.63, 3.8) is 0 Å². The minimum atomic E-state index is -0.616. The van der Waals surface area contributed by atoms with E-state index in [0.717, 1.165) is 31.2 Å². The highest BCUT2D eigenvalue weighted by molar-refractivity contribution is 6.17. The molecule has 2 aliphatic rings. The van der Waals surface area contributed by atoms with Gasteiger partial charge in [-0.15, -0.1) is 18.0 Å². The average molecular weight is 516 g/mol. The number of urea groups is 1. The smallest absolute Gasteiger partial charge is 0.334 e. The summed E-state index contributed by atoms with van der Waals surface area (Å²) in [6.07, 6.45) is 9.03. The number of hydrogen-bond acceptors (Lipinski definition) is 4. The molecular weight excluding hydrogens is 478 g/mol. The first kappa shape index (κ1) is 27.8. The first-order valence-corrected chi connectivity index (χ1v) is 13.4. The van der Waals surface area contributed by atoms with Crippen LogP contribution in [0.1, 0.15) is 51.5 Å². The van der Waals surface area contributed by atoms with Gasteiger partial charge in [-0.3, -0.25) is 9.59 Å². The number of piperazine rings is 1. The van der Waals surface area contributed by atoms with Crippen LogP contribution in [0.5, 0.6) is 0 Å². The van der Waals surface area contributed by atoms with E-state index in [1.807, 2.05) is 42.2 Å². The van der Waals surface area contributed by atoms with Crippen LogP contribution in [0.4, 0.5) is 4.79 Å².